The molecule has 1 aliphatic rings. The molecule has 5 heteroatoms. The summed E-state index contributed by atoms with van der Waals surface area (Å²) in [4.78, 5) is 17.3. The summed E-state index contributed by atoms with van der Waals surface area (Å²) in [6, 6.07) is 11.9. The Morgan fingerprint density at radius 2 is 2.13 bits per heavy atom. The van der Waals surface area contributed by atoms with Crippen molar-refractivity contribution < 1.29 is 13.9 Å². The second kappa shape index (κ2) is 9.06. The number of aryl methyl sites for hydroxylation is 1. The summed E-state index contributed by atoms with van der Waals surface area (Å²) in [6.45, 7) is 6.08. The van der Waals surface area contributed by atoms with Crippen molar-refractivity contribution in [2.45, 2.75) is 39.2 Å². The number of H-pyrrole nitrogens is 1. The molecule has 4 rings (SSSR count). The molecule has 1 aromatic heterocycles. The summed E-state index contributed by atoms with van der Waals surface area (Å²) in [5.74, 6) is -0.539. The highest BCUT2D eigenvalue weighted by Crippen LogP contribution is 2.37. The number of hydrogen-bond acceptors (Lipinski definition) is 3. The van der Waals surface area contributed by atoms with Crippen molar-refractivity contribution in [3.05, 3.63) is 76.7 Å². The standard InChI is InChI=1S/C26H29FN2O2/c1-4-29(12-11-20-16-28-24-15-21(27)7-9-22(20)24)25-10-6-19-14-18(5-8-23(19)25)17(2)13-26(30)31-3/h5,7-9,13-16,25,28H,4,6,10-12H2,1-3H3/b17-13+. The van der Waals surface area contributed by atoms with E-state index in [1.165, 1.54) is 29.9 Å². The maximum atomic E-state index is 13.5. The van der Waals surface area contributed by atoms with Gasteiger partial charge in [0.2, 0.25) is 0 Å². The molecule has 1 aliphatic carbocycles. The zero-order valence-corrected chi connectivity index (χ0v) is 18.4. The zero-order chi connectivity index (χ0) is 22.0. The second-order valence-electron chi connectivity index (χ2n) is 8.20. The van der Waals surface area contributed by atoms with Gasteiger partial charge in [-0.1, -0.05) is 25.1 Å². The van der Waals surface area contributed by atoms with Gasteiger partial charge >= 0.3 is 5.97 Å². The van der Waals surface area contributed by atoms with Crippen LogP contribution in [-0.4, -0.2) is 36.1 Å². The number of hydrogen-bond donors (Lipinski definition) is 1. The van der Waals surface area contributed by atoms with E-state index in [9.17, 15) is 9.18 Å². The summed E-state index contributed by atoms with van der Waals surface area (Å²) in [5.41, 5.74) is 6.82. The Morgan fingerprint density at radius 3 is 2.90 bits per heavy atom. The minimum absolute atomic E-state index is 0.213. The van der Waals surface area contributed by atoms with Crippen LogP contribution in [0.1, 0.15) is 48.6 Å². The van der Waals surface area contributed by atoms with Crippen LogP contribution in [0.2, 0.25) is 0 Å². The Labute approximate surface area is 182 Å². The number of ether oxygens (including phenoxy) is 1. The quantitative estimate of drug-likeness (QED) is 0.409. The molecule has 1 N–H and O–H groups in total. The minimum Gasteiger partial charge on any atom is -0.466 e. The Hall–Kier alpha value is -2.92. The van der Waals surface area contributed by atoms with Gasteiger partial charge in [0.05, 0.1) is 7.11 Å². The minimum atomic E-state index is -0.326. The van der Waals surface area contributed by atoms with Crippen LogP contribution in [0.25, 0.3) is 16.5 Å². The van der Waals surface area contributed by atoms with Crippen molar-refractivity contribution >= 4 is 22.4 Å². The molecule has 3 aromatic rings. The number of methoxy groups -OCH3 is 1. The molecule has 162 valence electrons. The van der Waals surface area contributed by atoms with E-state index in [4.69, 9.17) is 4.74 Å². The Kier molecular flexibility index (Phi) is 6.23. The molecule has 0 radical (unpaired) electrons. The highest BCUT2D eigenvalue weighted by molar-refractivity contribution is 5.90. The average Bonchev–Trinajstić information content (AvgIpc) is 3.37. The lowest BCUT2D eigenvalue weighted by atomic mass is 9.99. The monoisotopic (exact) mass is 420 g/mol. The number of aromatic nitrogens is 1. The first-order valence-corrected chi connectivity index (χ1v) is 10.9. The summed E-state index contributed by atoms with van der Waals surface area (Å²) in [5, 5.41) is 1.10. The first-order chi connectivity index (χ1) is 15.0. The van der Waals surface area contributed by atoms with E-state index in [1.54, 1.807) is 12.1 Å². The van der Waals surface area contributed by atoms with Gasteiger partial charge in [0.25, 0.3) is 0 Å². The molecule has 0 aliphatic heterocycles. The lowest BCUT2D eigenvalue weighted by molar-refractivity contribution is -0.134. The molecule has 1 unspecified atom stereocenters. The van der Waals surface area contributed by atoms with Crippen LogP contribution in [0.5, 0.6) is 0 Å². The van der Waals surface area contributed by atoms with Gasteiger partial charge in [-0.2, -0.15) is 0 Å². The van der Waals surface area contributed by atoms with Crippen molar-refractivity contribution in [3.8, 4) is 0 Å². The van der Waals surface area contributed by atoms with E-state index < -0.39 is 0 Å². The molecule has 0 amide bonds. The molecule has 0 spiro atoms. The van der Waals surface area contributed by atoms with E-state index >= 15 is 0 Å². The summed E-state index contributed by atoms with van der Waals surface area (Å²) >= 11 is 0. The molecule has 31 heavy (non-hydrogen) atoms. The van der Waals surface area contributed by atoms with Crippen LogP contribution >= 0.6 is 0 Å². The number of fused-ring (bicyclic) bond motifs is 2. The smallest absolute Gasteiger partial charge is 0.330 e. The van der Waals surface area contributed by atoms with E-state index in [-0.39, 0.29) is 11.8 Å². The molecule has 0 fully saturated rings. The molecule has 0 saturated carbocycles. The molecule has 4 nitrogen and oxygen atoms in total. The Balaban J connectivity index is 1.49. The third-order valence-electron chi connectivity index (χ3n) is 6.42. The first kappa shape index (κ1) is 21.3. The number of allylic oxidation sites excluding steroid dienone is 1. The Morgan fingerprint density at radius 1 is 1.29 bits per heavy atom. The lowest BCUT2D eigenvalue weighted by Crippen LogP contribution is -2.29. The van der Waals surface area contributed by atoms with Crippen molar-refractivity contribution in [2.75, 3.05) is 20.2 Å². The van der Waals surface area contributed by atoms with E-state index in [1.807, 2.05) is 19.2 Å². The van der Waals surface area contributed by atoms with E-state index in [2.05, 4.69) is 35.0 Å². The van der Waals surface area contributed by atoms with Crippen LogP contribution in [0, 0.1) is 5.82 Å². The van der Waals surface area contributed by atoms with Crippen molar-refractivity contribution in [3.63, 3.8) is 0 Å². The van der Waals surface area contributed by atoms with Gasteiger partial charge in [-0.05, 0) is 78.8 Å². The third-order valence-corrected chi connectivity index (χ3v) is 6.42. The topological polar surface area (TPSA) is 45.3 Å². The molecule has 1 heterocycles. The highest BCUT2D eigenvalue weighted by Gasteiger charge is 2.27. The normalized spacial score (nSPS) is 16.2. The third kappa shape index (κ3) is 4.42. The second-order valence-corrected chi connectivity index (χ2v) is 8.20. The fourth-order valence-corrected chi connectivity index (χ4v) is 4.70. The van der Waals surface area contributed by atoms with Gasteiger partial charge in [0.15, 0.2) is 0 Å². The van der Waals surface area contributed by atoms with Gasteiger partial charge in [0.1, 0.15) is 5.82 Å². The molecular weight excluding hydrogens is 391 g/mol. The van der Waals surface area contributed by atoms with Gasteiger partial charge in [-0.15, -0.1) is 0 Å². The number of likely N-dealkylation sites (N-methyl/N-ethyl adjacent to an activating group) is 1. The number of rotatable bonds is 7. The number of nitrogens with one attached hydrogen (secondary N) is 1. The number of nitrogens with zero attached hydrogens (tertiary/aromatic N) is 1. The van der Waals surface area contributed by atoms with E-state index in [0.29, 0.717) is 6.04 Å². The maximum Gasteiger partial charge on any atom is 0.330 e. The van der Waals surface area contributed by atoms with Crippen LogP contribution < -0.4 is 0 Å². The van der Waals surface area contributed by atoms with Gasteiger partial charge in [0, 0.05) is 35.8 Å². The van der Waals surface area contributed by atoms with Crippen LogP contribution in [-0.2, 0) is 22.4 Å². The SMILES string of the molecule is CCN(CCc1c[nH]c2cc(F)ccc12)C1CCc2cc(/C(C)=C/C(=O)OC)ccc21. The number of halogens is 1. The van der Waals surface area contributed by atoms with Gasteiger partial charge in [-0.3, -0.25) is 4.90 Å². The predicted molar refractivity (Wildman–Crippen MR) is 122 cm³/mol. The van der Waals surface area contributed by atoms with E-state index in [0.717, 1.165) is 54.4 Å². The van der Waals surface area contributed by atoms with Crippen LogP contribution in [0.3, 0.4) is 0 Å². The fourth-order valence-electron chi connectivity index (χ4n) is 4.70. The van der Waals surface area contributed by atoms with Crippen molar-refractivity contribution in [2.24, 2.45) is 0 Å². The number of aromatic amines is 1. The Bertz CT molecular complexity index is 1130. The fraction of sp³-hybridized carbons (Fsp3) is 0.346. The molecular formula is C26H29FN2O2. The highest BCUT2D eigenvalue weighted by atomic mass is 19.1. The van der Waals surface area contributed by atoms with Gasteiger partial charge in [-0.25, -0.2) is 9.18 Å². The van der Waals surface area contributed by atoms with Gasteiger partial charge < -0.3 is 9.72 Å². The predicted octanol–water partition coefficient (Wildman–Crippen LogP) is 5.44. The number of carbonyl (C=O) groups excluding carboxylic acids is 1. The first-order valence-electron chi connectivity index (χ1n) is 10.9. The number of esters is 1. The molecule has 1 atom stereocenters. The summed E-state index contributed by atoms with van der Waals surface area (Å²) < 4.78 is 18.2. The average molecular weight is 421 g/mol. The summed E-state index contributed by atoms with van der Waals surface area (Å²) in [7, 11) is 1.40. The number of carbonyl (C=O) groups is 1. The van der Waals surface area contributed by atoms with Crippen LogP contribution in [0.15, 0.2) is 48.7 Å². The molecule has 0 saturated heterocycles. The van der Waals surface area contributed by atoms with Crippen LogP contribution in [0.4, 0.5) is 4.39 Å². The zero-order valence-electron chi connectivity index (χ0n) is 18.4. The largest absolute Gasteiger partial charge is 0.466 e. The van der Waals surface area contributed by atoms with Crippen molar-refractivity contribution in [1.82, 2.24) is 9.88 Å². The van der Waals surface area contributed by atoms with Crippen molar-refractivity contribution in [1.29, 1.82) is 0 Å². The maximum absolute atomic E-state index is 13.5. The molecule has 2 aromatic carbocycles. The lowest BCUT2D eigenvalue weighted by Gasteiger charge is -2.28. The number of benzene rings is 2. The summed E-state index contributed by atoms with van der Waals surface area (Å²) in [6.07, 6.45) is 6.61. The molecule has 0 bridgehead atoms.